The van der Waals surface area contributed by atoms with Gasteiger partial charge < -0.3 is 14.6 Å². The molecule has 0 atom stereocenters. The minimum atomic E-state index is -4.85. The SMILES string of the molecule is CN(CCOc1ccc(-c2ccccc2)cc1OC(F)(F)F)CC(=O)O. The zero-order valence-electron chi connectivity index (χ0n) is 14.0. The Labute approximate surface area is 148 Å². The highest BCUT2D eigenvalue weighted by atomic mass is 19.4. The highest BCUT2D eigenvalue weighted by Crippen LogP contribution is 2.36. The van der Waals surface area contributed by atoms with Crippen molar-refractivity contribution < 1.29 is 32.5 Å². The fourth-order valence-corrected chi connectivity index (χ4v) is 2.26. The molecule has 0 aromatic heterocycles. The molecule has 0 heterocycles. The van der Waals surface area contributed by atoms with Crippen LogP contribution in [0.4, 0.5) is 13.2 Å². The lowest BCUT2D eigenvalue weighted by Crippen LogP contribution is -2.29. The molecule has 0 radical (unpaired) electrons. The summed E-state index contributed by atoms with van der Waals surface area (Å²) in [6.45, 7) is 0.0586. The predicted octanol–water partition coefficient (Wildman–Crippen LogP) is 3.65. The van der Waals surface area contributed by atoms with Crippen molar-refractivity contribution in [2.45, 2.75) is 6.36 Å². The minimum absolute atomic E-state index is 0.0165. The second-order valence-electron chi connectivity index (χ2n) is 5.56. The summed E-state index contributed by atoms with van der Waals surface area (Å²) < 4.78 is 47.5. The van der Waals surface area contributed by atoms with E-state index in [2.05, 4.69) is 4.74 Å². The largest absolute Gasteiger partial charge is 0.573 e. The minimum Gasteiger partial charge on any atom is -0.488 e. The van der Waals surface area contributed by atoms with Crippen LogP contribution in [0.1, 0.15) is 0 Å². The molecule has 0 saturated heterocycles. The average molecular weight is 369 g/mol. The number of benzene rings is 2. The van der Waals surface area contributed by atoms with Crippen molar-refractivity contribution in [3.63, 3.8) is 0 Å². The molecule has 0 aliphatic rings. The molecule has 0 bridgehead atoms. The Kier molecular flexibility index (Phi) is 6.46. The Morgan fingerprint density at radius 2 is 1.77 bits per heavy atom. The van der Waals surface area contributed by atoms with Gasteiger partial charge in [0.05, 0.1) is 6.54 Å². The number of carbonyl (C=O) groups is 1. The predicted molar refractivity (Wildman–Crippen MR) is 89.2 cm³/mol. The molecule has 0 aliphatic heterocycles. The number of likely N-dealkylation sites (N-methyl/N-ethyl adjacent to an activating group) is 1. The summed E-state index contributed by atoms with van der Waals surface area (Å²) in [4.78, 5) is 12.1. The van der Waals surface area contributed by atoms with Gasteiger partial charge in [-0.15, -0.1) is 13.2 Å². The summed E-state index contributed by atoms with van der Waals surface area (Å²) in [6, 6.07) is 13.2. The molecule has 0 saturated carbocycles. The summed E-state index contributed by atoms with van der Waals surface area (Å²) in [5.41, 5.74) is 1.30. The van der Waals surface area contributed by atoms with Crippen LogP contribution in [0.5, 0.6) is 11.5 Å². The van der Waals surface area contributed by atoms with Crippen molar-refractivity contribution in [2.75, 3.05) is 26.7 Å². The van der Waals surface area contributed by atoms with Crippen LogP contribution in [0, 0.1) is 0 Å². The number of hydrogen-bond donors (Lipinski definition) is 1. The number of hydrogen-bond acceptors (Lipinski definition) is 4. The molecule has 140 valence electrons. The first-order chi connectivity index (χ1) is 12.2. The summed E-state index contributed by atoms with van der Waals surface area (Å²) in [5.74, 6) is -1.51. The first-order valence-electron chi connectivity index (χ1n) is 7.73. The highest BCUT2D eigenvalue weighted by Gasteiger charge is 2.32. The van der Waals surface area contributed by atoms with E-state index < -0.39 is 18.1 Å². The van der Waals surface area contributed by atoms with Crippen LogP contribution in [-0.4, -0.2) is 49.1 Å². The number of carboxylic acids is 1. The molecule has 8 heteroatoms. The van der Waals surface area contributed by atoms with Gasteiger partial charge >= 0.3 is 12.3 Å². The van der Waals surface area contributed by atoms with E-state index in [9.17, 15) is 18.0 Å². The van der Waals surface area contributed by atoms with E-state index in [0.717, 1.165) is 5.56 Å². The van der Waals surface area contributed by atoms with Gasteiger partial charge in [-0.3, -0.25) is 9.69 Å². The van der Waals surface area contributed by atoms with E-state index in [-0.39, 0.29) is 25.4 Å². The Morgan fingerprint density at radius 3 is 2.38 bits per heavy atom. The summed E-state index contributed by atoms with van der Waals surface area (Å²) in [6.07, 6.45) is -4.85. The lowest BCUT2D eigenvalue weighted by Gasteiger charge is -2.18. The molecule has 0 unspecified atom stereocenters. The maximum Gasteiger partial charge on any atom is 0.573 e. The topological polar surface area (TPSA) is 59.0 Å². The van der Waals surface area contributed by atoms with Gasteiger partial charge in [0.25, 0.3) is 0 Å². The maximum absolute atomic E-state index is 12.7. The number of aliphatic carboxylic acids is 1. The van der Waals surface area contributed by atoms with Gasteiger partial charge in [-0.25, -0.2) is 0 Å². The van der Waals surface area contributed by atoms with Gasteiger partial charge in [0.15, 0.2) is 11.5 Å². The van der Waals surface area contributed by atoms with E-state index in [1.165, 1.54) is 17.0 Å². The average Bonchev–Trinajstić information content (AvgIpc) is 2.55. The third-order valence-electron chi connectivity index (χ3n) is 3.41. The first-order valence-corrected chi connectivity index (χ1v) is 7.73. The van der Waals surface area contributed by atoms with Gasteiger partial charge in [-0.1, -0.05) is 36.4 Å². The smallest absolute Gasteiger partial charge is 0.488 e. The number of alkyl halides is 3. The number of nitrogens with zero attached hydrogens (tertiary/aromatic N) is 1. The summed E-state index contributed by atoms with van der Waals surface area (Å²) >= 11 is 0. The maximum atomic E-state index is 12.7. The van der Waals surface area contributed by atoms with Crippen molar-refractivity contribution in [3.8, 4) is 22.6 Å². The van der Waals surface area contributed by atoms with Crippen LogP contribution in [0.3, 0.4) is 0 Å². The molecule has 0 fully saturated rings. The highest BCUT2D eigenvalue weighted by molar-refractivity contribution is 5.69. The lowest BCUT2D eigenvalue weighted by atomic mass is 10.1. The fraction of sp³-hybridized carbons (Fsp3) is 0.278. The molecule has 26 heavy (non-hydrogen) atoms. The molecular weight excluding hydrogens is 351 g/mol. The molecular formula is C18H18F3NO4. The molecule has 1 N–H and O–H groups in total. The van der Waals surface area contributed by atoms with Gasteiger partial charge in [0.2, 0.25) is 0 Å². The Morgan fingerprint density at radius 1 is 1.08 bits per heavy atom. The monoisotopic (exact) mass is 369 g/mol. The van der Waals surface area contributed by atoms with E-state index in [1.807, 2.05) is 6.07 Å². The van der Waals surface area contributed by atoms with Crippen LogP contribution < -0.4 is 9.47 Å². The zero-order chi connectivity index (χ0) is 19.2. The standard InChI is InChI=1S/C18H18F3NO4/c1-22(12-17(23)24)9-10-25-15-8-7-14(13-5-3-2-4-6-13)11-16(15)26-18(19,20)21/h2-8,11H,9-10,12H2,1H3,(H,23,24). The Bertz CT molecular complexity index is 735. The zero-order valence-corrected chi connectivity index (χ0v) is 14.0. The van der Waals surface area contributed by atoms with E-state index in [1.54, 1.807) is 37.4 Å². The van der Waals surface area contributed by atoms with Crippen molar-refractivity contribution in [1.82, 2.24) is 4.90 Å². The Balaban J connectivity index is 2.15. The fourth-order valence-electron chi connectivity index (χ4n) is 2.26. The number of ether oxygens (including phenoxy) is 2. The molecule has 0 aliphatic carbocycles. The van der Waals surface area contributed by atoms with Crippen molar-refractivity contribution in [3.05, 3.63) is 48.5 Å². The van der Waals surface area contributed by atoms with Crippen LogP contribution in [-0.2, 0) is 4.79 Å². The van der Waals surface area contributed by atoms with Gasteiger partial charge in [-0.2, -0.15) is 0 Å². The quantitative estimate of drug-likeness (QED) is 0.770. The lowest BCUT2D eigenvalue weighted by molar-refractivity contribution is -0.275. The van der Waals surface area contributed by atoms with Crippen LogP contribution >= 0.6 is 0 Å². The third-order valence-corrected chi connectivity index (χ3v) is 3.41. The first kappa shape index (κ1) is 19.6. The normalized spacial score (nSPS) is 11.4. The van der Waals surface area contributed by atoms with Crippen molar-refractivity contribution in [1.29, 1.82) is 0 Å². The number of carboxylic acid groups (broad SMARTS) is 1. The van der Waals surface area contributed by atoms with E-state index in [4.69, 9.17) is 9.84 Å². The van der Waals surface area contributed by atoms with E-state index >= 15 is 0 Å². The molecule has 2 rings (SSSR count). The van der Waals surface area contributed by atoms with Crippen LogP contribution in [0.2, 0.25) is 0 Å². The Hall–Kier alpha value is -2.74. The third kappa shape index (κ3) is 6.29. The molecule has 0 spiro atoms. The van der Waals surface area contributed by atoms with Crippen LogP contribution in [0.15, 0.2) is 48.5 Å². The molecule has 0 amide bonds. The van der Waals surface area contributed by atoms with E-state index in [0.29, 0.717) is 5.56 Å². The van der Waals surface area contributed by atoms with Gasteiger partial charge in [-0.05, 0) is 30.3 Å². The van der Waals surface area contributed by atoms with Crippen molar-refractivity contribution >= 4 is 5.97 Å². The second-order valence-corrected chi connectivity index (χ2v) is 5.56. The van der Waals surface area contributed by atoms with Crippen LogP contribution in [0.25, 0.3) is 11.1 Å². The second kappa shape index (κ2) is 8.57. The van der Waals surface area contributed by atoms with Gasteiger partial charge in [0, 0.05) is 6.54 Å². The van der Waals surface area contributed by atoms with Gasteiger partial charge in [0.1, 0.15) is 6.61 Å². The molecule has 5 nitrogen and oxygen atoms in total. The number of rotatable bonds is 8. The van der Waals surface area contributed by atoms with Crippen molar-refractivity contribution in [2.24, 2.45) is 0 Å². The molecule has 2 aromatic rings. The summed E-state index contributed by atoms with van der Waals surface area (Å²) in [5, 5.41) is 8.68. The number of halogens is 3. The summed E-state index contributed by atoms with van der Waals surface area (Å²) in [7, 11) is 1.57. The molecule has 2 aromatic carbocycles.